The average molecular weight is 281 g/mol. The van der Waals surface area contributed by atoms with Crippen molar-refractivity contribution in [2.24, 2.45) is 0 Å². The van der Waals surface area contributed by atoms with Gasteiger partial charge in [0.15, 0.2) is 0 Å². The van der Waals surface area contributed by atoms with Crippen molar-refractivity contribution in [2.45, 2.75) is 33.7 Å². The molecule has 0 spiro atoms. The Morgan fingerprint density at radius 2 is 1.95 bits per heavy atom. The number of rotatable bonds is 7. The van der Waals surface area contributed by atoms with Crippen LogP contribution in [0.3, 0.4) is 0 Å². The normalized spacial score (nSPS) is 11.1. The molecule has 0 bridgehead atoms. The van der Waals surface area contributed by atoms with Crippen molar-refractivity contribution < 1.29 is 4.79 Å². The number of carbonyl (C=O) groups excluding carboxylic acids is 1. The molecule has 0 saturated heterocycles. The molecular weight excluding hydrogens is 254 g/mol. The first-order valence-corrected chi connectivity index (χ1v) is 7.08. The van der Waals surface area contributed by atoms with E-state index >= 15 is 0 Å². The highest BCUT2D eigenvalue weighted by molar-refractivity contribution is 5.76. The number of hydrogen-bond acceptors (Lipinski definition) is 4. The molecule has 0 aliphatic rings. The quantitative estimate of drug-likeness (QED) is 0.806. The van der Waals surface area contributed by atoms with E-state index < -0.39 is 0 Å². The van der Waals surface area contributed by atoms with Gasteiger partial charge in [0, 0.05) is 13.1 Å². The van der Waals surface area contributed by atoms with Crippen molar-refractivity contribution >= 4 is 11.6 Å². The number of anilines is 1. The maximum Gasteiger partial charge on any atom is 0.244 e. The SMILES string of the molecule is CCN(CCCN(C)C)C(=O)Cn1nc(C)c(N)c1C. The Morgan fingerprint density at radius 1 is 1.30 bits per heavy atom. The van der Waals surface area contributed by atoms with Gasteiger partial charge in [-0.15, -0.1) is 0 Å². The highest BCUT2D eigenvalue weighted by atomic mass is 16.2. The molecule has 0 radical (unpaired) electrons. The molecular formula is C14H27N5O. The van der Waals surface area contributed by atoms with Crippen LogP contribution in [0.2, 0.25) is 0 Å². The van der Waals surface area contributed by atoms with Crippen LogP contribution in [0.5, 0.6) is 0 Å². The molecule has 1 heterocycles. The van der Waals surface area contributed by atoms with Gasteiger partial charge in [-0.3, -0.25) is 9.48 Å². The second-order valence-electron chi connectivity index (χ2n) is 5.37. The van der Waals surface area contributed by atoms with E-state index in [0.29, 0.717) is 5.69 Å². The van der Waals surface area contributed by atoms with Crippen LogP contribution in [0.4, 0.5) is 5.69 Å². The third-order valence-electron chi connectivity index (χ3n) is 3.49. The van der Waals surface area contributed by atoms with Crippen molar-refractivity contribution in [1.82, 2.24) is 19.6 Å². The van der Waals surface area contributed by atoms with Gasteiger partial charge >= 0.3 is 0 Å². The van der Waals surface area contributed by atoms with Gasteiger partial charge in [0.2, 0.25) is 5.91 Å². The molecule has 20 heavy (non-hydrogen) atoms. The van der Waals surface area contributed by atoms with Crippen molar-refractivity contribution in [2.75, 3.05) is 39.5 Å². The lowest BCUT2D eigenvalue weighted by molar-refractivity contribution is -0.132. The Kier molecular flexibility index (Phi) is 6.01. The summed E-state index contributed by atoms with van der Waals surface area (Å²) in [7, 11) is 4.08. The summed E-state index contributed by atoms with van der Waals surface area (Å²) in [5.74, 6) is 0.0943. The molecule has 0 saturated carbocycles. The molecule has 2 N–H and O–H groups in total. The molecule has 6 heteroatoms. The van der Waals surface area contributed by atoms with E-state index in [2.05, 4.69) is 10.00 Å². The molecule has 6 nitrogen and oxygen atoms in total. The van der Waals surface area contributed by atoms with E-state index in [1.165, 1.54) is 0 Å². The number of aryl methyl sites for hydroxylation is 1. The number of carbonyl (C=O) groups is 1. The van der Waals surface area contributed by atoms with E-state index in [9.17, 15) is 4.79 Å². The van der Waals surface area contributed by atoms with E-state index in [0.717, 1.165) is 37.4 Å². The first kappa shape index (κ1) is 16.5. The largest absolute Gasteiger partial charge is 0.396 e. The predicted octanol–water partition coefficient (Wildman–Crippen LogP) is 0.882. The zero-order chi connectivity index (χ0) is 15.3. The molecule has 1 rings (SSSR count). The van der Waals surface area contributed by atoms with Crippen LogP contribution >= 0.6 is 0 Å². The summed E-state index contributed by atoms with van der Waals surface area (Å²) in [5, 5.41) is 4.31. The highest BCUT2D eigenvalue weighted by Crippen LogP contribution is 2.14. The Morgan fingerprint density at radius 3 is 2.40 bits per heavy atom. The van der Waals surface area contributed by atoms with Crippen molar-refractivity contribution in [3.63, 3.8) is 0 Å². The second-order valence-corrected chi connectivity index (χ2v) is 5.37. The van der Waals surface area contributed by atoms with Crippen LogP contribution in [0, 0.1) is 13.8 Å². The van der Waals surface area contributed by atoms with Crippen LogP contribution in [0.15, 0.2) is 0 Å². The smallest absolute Gasteiger partial charge is 0.244 e. The maximum atomic E-state index is 12.3. The Balaban J connectivity index is 2.60. The monoisotopic (exact) mass is 281 g/mol. The zero-order valence-electron chi connectivity index (χ0n) is 13.3. The van der Waals surface area contributed by atoms with E-state index in [1.54, 1.807) is 4.68 Å². The molecule has 114 valence electrons. The zero-order valence-corrected chi connectivity index (χ0v) is 13.3. The number of nitrogens with two attached hydrogens (primary N) is 1. The lowest BCUT2D eigenvalue weighted by Gasteiger charge is -2.22. The van der Waals surface area contributed by atoms with Gasteiger partial charge in [-0.25, -0.2) is 0 Å². The lowest BCUT2D eigenvalue weighted by atomic mass is 10.3. The number of nitrogens with zero attached hydrogens (tertiary/aromatic N) is 4. The van der Waals surface area contributed by atoms with Gasteiger partial charge in [-0.1, -0.05) is 0 Å². The highest BCUT2D eigenvalue weighted by Gasteiger charge is 2.15. The molecule has 0 atom stereocenters. The first-order valence-electron chi connectivity index (χ1n) is 7.08. The van der Waals surface area contributed by atoms with Crippen molar-refractivity contribution in [3.8, 4) is 0 Å². The third kappa shape index (κ3) is 4.23. The average Bonchev–Trinajstić information content (AvgIpc) is 2.62. The Bertz CT molecular complexity index is 453. The number of nitrogen functional groups attached to an aromatic ring is 1. The topological polar surface area (TPSA) is 67.4 Å². The summed E-state index contributed by atoms with van der Waals surface area (Å²) in [4.78, 5) is 16.3. The minimum absolute atomic E-state index is 0.0943. The number of hydrogen-bond donors (Lipinski definition) is 1. The van der Waals surface area contributed by atoms with Crippen molar-refractivity contribution in [1.29, 1.82) is 0 Å². The predicted molar refractivity (Wildman–Crippen MR) is 81.5 cm³/mol. The summed E-state index contributed by atoms with van der Waals surface area (Å²) in [6.45, 7) is 8.51. The second kappa shape index (κ2) is 7.28. The van der Waals surface area contributed by atoms with E-state index in [4.69, 9.17) is 5.73 Å². The molecule has 0 aliphatic heterocycles. The van der Waals surface area contributed by atoms with E-state index in [1.807, 2.05) is 39.8 Å². The van der Waals surface area contributed by atoms with Gasteiger partial charge in [0.25, 0.3) is 0 Å². The van der Waals surface area contributed by atoms with Crippen LogP contribution in [-0.4, -0.2) is 59.2 Å². The Labute approximate surface area is 121 Å². The molecule has 0 unspecified atom stereocenters. The maximum absolute atomic E-state index is 12.3. The molecule has 0 aromatic carbocycles. The summed E-state index contributed by atoms with van der Waals surface area (Å²) in [5.41, 5.74) is 8.21. The van der Waals surface area contributed by atoms with Crippen LogP contribution in [0.1, 0.15) is 24.7 Å². The van der Waals surface area contributed by atoms with Crippen LogP contribution < -0.4 is 5.73 Å². The lowest BCUT2D eigenvalue weighted by Crippen LogP contribution is -2.36. The molecule has 1 aromatic heterocycles. The van der Waals surface area contributed by atoms with Crippen LogP contribution in [0.25, 0.3) is 0 Å². The molecule has 0 fully saturated rings. The van der Waals surface area contributed by atoms with Gasteiger partial charge in [-0.2, -0.15) is 5.10 Å². The standard InChI is InChI=1S/C14H27N5O/c1-6-18(9-7-8-17(4)5)13(20)10-19-12(3)14(15)11(2)16-19/h6-10,15H2,1-5H3. The molecule has 1 amide bonds. The van der Waals surface area contributed by atoms with Gasteiger partial charge in [0.05, 0.1) is 17.1 Å². The number of aromatic nitrogens is 2. The fraction of sp³-hybridized carbons (Fsp3) is 0.714. The first-order chi connectivity index (χ1) is 9.36. The summed E-state index contributed by atoms with van der Waals surface area (Å²) in [6.07, 6.45) is 0.978. The Hall–Kier alpha value is -1.56. The number of amides is 1. The summed E-state index contributed by atoms with van der Waals surface area (Å²) in [6, 6.07) is 0. The summed E-state index contributed by atoms with van der Waals surface area (Å²) >= 11 is 0. The third-order valence-corrected chi connectivity index (χ3v) is 3.49. The van der Waals surface area contributed by atoms with Gasteiger partial charge < -0.3 is 15.5 Å². The minimum Gasteiger partial charge on any atom is -0.396 e. The molecule has 0 aliphatic carbocycles. The fourth-order valence-electron chi connectivity index (χ4n) is 2.13. The minimum atomic E-state index is 0.0943. The summed E-state index contributed by atoms with van der Waals surface area (Å²) < 4.78 is 1.70. The fourth-order valence-corrected chi connectivity index (χ4v) is 2.13. The van der Waals surface area contributed by atoms with E-state index in [-0.39, 0.29) is 12.5 Å². The van der Waals surface area contributed by atoms with Crippen LogP contribution in [-0.2, 0) is 11.3 Å². The molecule has 1 aromatic rings. The van der Waals surface area contributed by atoms with Gasteiger partial charge in [-0.05, 0) is 47.8 Å². The van der Waals surface area contributed by atoms with Crippen molar-refractivity contribution in [3.05, 3.63) is 11.4 Å². The number of likely N-dealkylation sites (N-methyl/N-ethyl adjacent to an activating group) is 1. The van der Waals surface area contributed by atoms with Gasteiger partial charge in [0.1, 0.15) is 6.54 Å².